The number of fused-ring (bicyclic) bond motifs is 1. The fraction of sp³-hybridized carbons (Fsp3) is 0.188. The molecule has 0 bridgehead atoms. The molecule has 2 aromatic carbocycles. The molecule has 2 aromatic rings. The lowest BCUT2D eigenvalue weighted by molar-refractivity contribution is 0.0990. The van der Waals surface area contributed by atoms with E-state index in [4.69, 9.17) is 4.74 Å². The highest BCUT2D eigenvalue weighted by Gasteiger charge is 2.20. The van der Waals surface area contributed by atoms with Gasteiger partial charge in [0, 0.05) is 12.8 Å². The average Bonchev–Trinajstić information content (AvgIpc) is 2.89. The van der Waals surface area contributed by atoms with E-state index in [-0.39, 0.29) is 18.0 Å². The molecular formula is C16H13FO2. The van der Waals surface area contributed by atoms with E-state index in [9.17, 15) is 9.18 Å². The first-order chi connectivity index (χ1) is 9.24. The molecule has 0 aliphatic carbocycles. The maximum Gasteiger partial charge on any atom is 0.170 e. The highest BCUT2D eigenvalue weighted by molar-refractivity contribution is 6.00. The van der Waals surface area contributed by atoms with Crippen LogP contribution in [-0.2, 0) is 12.8 Å². The van der Waals surface area contributed by atoms with Crippen molar-refractivity contribution >= 4 is 5.78 Å². The molecule has 0 atom stereocenters. The molecule has 0 saturated carbocycles. The maximum absolute atomic E-state index is 12.8. The van der Waals surface area contributed by atoms with Gasteiger partial charge < -0.3 is 4.74 Å². The van der Waals surface area contributed by atoms with Gasteiger partial charge in [0.1, 0.15) is 11.6 Å². The minimum absolute atomic E-state index is 0.00496. The number of hydrogen-bond donors (Lipinski definition) is 0. The van der Waals surface area contributed by atoms with Gasteiger partial charge in [0.2, 0.25) is 0 Å². The van der Waals surface area contributed by atoms with Gasteiger partial charge >= 0.3 is 0 Å². The normalized spacial score (nSPS) is 12.9. The second-order valence-electron chi connectivity index (χ2n) is 4.62. The SMILES string of the molecule is O=C(Cc1ccc(F)cc1)c1cccc2c1OCC2. The standard InChI is InChI=1S/C16H13FO2/c17-13-6-4-11(5-7-13)10-15(18)14-3-1-2-12-8-9-19-16(12)14/h1-7H,8-10H2. The molecule has 2 nitrogen and oxygen atoms in total. The Bertz CT molecular complexity index is 617. The van der Waals surface area contributed by atoms with Crippen molar-refractivity contribution in [3.63, 3.8) is 0 Å². The van der Waals surface area contributed by atoms with E-state index in [0.29, 0.717) is 12.2 Å². The molecule has 1 aliphatic rings. The Labute approximate surface area is 110 Å². The van der Waals surface area contributed by atoms with Crippen LogP contribution in [0.3, 0.4) is 0 Å². The predicted molar refractivity (Wildman–Crippen MR) is 70.1 cm³/mol. The average molecular weight is 256 g/mol. The summed E-state index contributed by atoms with van der Waals surface area (Å²) in [5.41, 5.74) is 2.52. The number of Topliss-reactive ketones (excluding diaryl/α,β-unsaturated/α-hetero) is 1. The number of carbonyl (C=O) groups excluding carboxylic acids is 1. The summed E-state index contributed by atoms with van der Waals surface area (Å²) < 4.78 is 18.3. The van der Waals surface area contributed by atoms with Gasteiger partial charge in [-0.2, -0.15) is 0 Å². The van der Waals surface area contributed by atoms with Crippen LogP contribution in [0.4, 0.5) is 4.39 Å². The summed E-state index contributed by atoms with van der Waals surface area (Å²) in [5.74, 6) is 0.431. The molecule has 1 aliphatic heterocycles. The Hall–Kier alpha value is -2.16. The van der Waals surface area contributed by atoms with Crippen LogP contribution in [0.2, 0.25) is 0 Å². The lowest BCUT2D eigenvalue weighted by atomic mass is 10.00. The topological polar surface area (TPSA) is 26.3 Å². The van der Waals surface area contributed by atoms with Crippen LogP contribution < -0.4 is 4.74 Å². The first-order valence-corrected chi connectivity index (χ1v) is 6.26. The van der Waals surface area contributed by atoms with E-state index < -0.39 is 0 Å². The third-order valence-corrected chi connectivity index (χ3v) is 3.29. The van der Waals surface area contributed by atoms with Crippen molar-refractivity contribution in [1.29, 1.82) is 0 Å². The van der Waals surface area contributed by atoms with E-state index in [2.05, 4.69) is 0 Å². The summed E-state index contributed by atoms with van der Waals surface area (Å²) in [4.78, 5) is 12.3. The van der Waals surface area contributed by atoms with Gasteiger partial charge in [-0.25, -0.2) is 4.39 Å². The Morgan fingerprint density at radius 1 is 1.16 bits per heavy atom. The van der Waals surface area contributed by atoms with Crippen molar-refractivity contribution in [3.05, 3.63) is 65.0 Å². The molecule has 0 amide bonds. The summed E-state index contributed by atoms with van der Waals surface area (Å²) in [5, 5.41) is 0. The van der Waals surface area contributed by atoms with E-state index in [1.54, 1.807) is 18.2 Å². The summed E-state index contributed by atoms with van der Waals surface area (Å²) >= 11 is 0. The number of carbonyl (C=O) groups is 1. The largest absolute Gasteiger partial charge is 0.492 e. The molecule has 0 aromatic heterocycles. The van der Waals surface area contributed by atoms with Crippen molar-refractivity contribution in [3.8, 4) is 5.75 Å². The van der Waals surface area contributed by atoms with Crippen molar-refractivity contribution in [2.75, 3.05) is 6.61 Å². The zero-order chi connectivity index (χ0) is 13.2. The lowest BCUT2D eigenvalue weighted by Crippen LogP contribution is -2.05. The van der Waals surface area contributed by atoms with Gasteiger partial charge in [-0.15, -0.1) is 0 Å². The lowest BCUT2D eigenvalue weighted by Gasteiger charge is -2.07. The highest BCUT2D eigenvalue weighted by Crippen LogP contribution is 2.30. The second kappa shape index (κ2) is 4.84. The molecule has 0 saturated heterocycles. The van der Waals surface area contributed by atoms with Gasteiger partial charge in [0.05, 0.1) is 12.2 Å². The van der Waals surface area contributed by atoms with Crippen molar-refractivity contribution in [1.82, 2.24) is 0 Å². The number of para-hydroxylation sites is 1. The van der Waals surface area contributed by atoms with E-state index >= 15 is 0 Å². The second-order valence-corrected chi connectivity index (χ2v) is 4.62. The molecular weight excluding hydrogens is 243 g/mol. The number of ether oxygens (including phenoxy) is 1. The fourth-order valence-corrected chi connectivity index (χ4v) is 2.32. The third kappa shape index (κ3) is 2.36. The van der Waals surface area contributed by atoms with E-state index in [0.717, 1.165) is 23.3 Å². The van der Waals surface area contributed by atoms with Crippen LogP contribution in [0.5, 0.6) is 5.75 Å². The van der Waals surface area contributed by atoms with Gasteiger partial charge in [-0.05, 0) is 29.3 Å². The molecule has 0 fully saturated rings. The van der Waals surface area contributed by atoms with Crippen LogP contribution in [0.15, 0.2) is 42.5 Å². The predicted octanol–water partition coefficient (Wildman–Crippen LogP) is 3.19. The van der Waals surface area contributed by atoms with Crippen molar-refractivity contribution in [2.45, 2.75) is 12.8 Å². The summed E-state index contributed by atoms with van der Waals surface area (Å²) in [6, 6.07) is 11.7. The molecule has 0 radical (unpaired) electrons. The van der Waals surface area contributed by atoms with E-state index in [1.165, 1.54) is 12.1 Å². The first kappa shape index (κ1) is 11.9. The first-order valence-electron chi connectivity index (χ1n) is 6.26. The van der Waals surface area contributed by atoms with Gasteiger partial charge in [-0.1, -0.05) is 24.3 Å². The van der Waals surface area contributed by atoms with E-state index in [1.807, 2.05) is 12.1 Å². The maximum atomic E-state index is 12.8. The number of rotatable bonds is 3. The molecule has 96 valence electrons. The zero-order valence-electron chi connectivity index (χ0n) is 10.4. The molecule has 1 heterocycles. The van der Waals surface area contributed by atoms with Crippen LogP contribution in [0.25, 0.3) is 0 Å². The zero-order valence-corrected chi connectivity index (χ0v) is 10.4. The summed E-state index contributed by atoms with van der Waals surface area (Å²) in [7, 11) is 0. The van der Waals surface area contributed by atoms with Crippen LogP contribution in [0, 0.1) is 5.82 Å². The summed E-state index contributed by atoms with van der Waals surface area (Å²) in [6.45, 7) is 0.635. The summed E-state index contributed by atoms with van der Waals surface area (Å²) in [6.07, 6.45) is 1.12. The van der Waals surface area contributed by atoms with Crippen molar-refractivity contribution in [2.24, 2.45) is 0 Å². The third-order valence-electron chi connectivity index (χ3n) is 3.29. The Morgan fingerprint density at radius 3 is 2.74 bits per heavy atom. The van der Waals surface area contributed by atoms with Gasteiger partial charge in [-0.3, -0.25) is 4.79 Å². The van der Waals surface area contributed by atoms with Gasteiger partial charge in [0.25, 0.3) is 0 Å². The molecule has 3 rings (SSSR count). The Balaban J connectivity index is 1.85. The number of hydrogen-bond acceptors (Lipinski definition) is 2. The Kier molecular flexibility index (Phi) is 3.03. The van der Waals surface area contributed by atoms with Crippen LogP contribution in [-0.4, -0.2) is 12.4 Å². The quantitative estimate of drug-likeness (QED) is 0.788. The number of halogens is 1. The van der Waals surface area contributed by atoms with Crippen LogP contribution in [0.1, 0.15) is 21.5 Å². The molecule has 0 spiro atoms. The molecule has 19 heavy (non-hydrogen) atoms. The highest BCUT2D eigenvalue weighted by atomic mass is 19.1. The van der Waals surface area contributed by atoms with Gasteiger partial charge in [0.15, 0.2) is 5.78 Å². The number of ketones is 1. The minimum Gasteiger partial charge on any atom is -0.492 e. The molecule has 3 heteroatoms. The molecule has 0 unspecified atom stereocenters. The fourth-order valence-electron chi connectivity index (χ4n) is 2.32. The van der Waals surface area contributed by atoms with Crippen LogP contribution >= 0.6 is 0 Å². The monoisotopic (exact) mass is 256 g/mol. The smallest absolute Gasteiger partial charge is 0.170 e. The number of benzene rings is 2. The molecule has 0 N–H and O–H groups in total. The minimum atomic E-state index is -0.292. The van der Waals surface area contributed by atoms with Crippen molar-refractivity contribution < 1.29 is 13.9 Å². The Morgan fingerprint density at radius 2 is 1.95 bits per heavy atom.